The molecule has 7 nitrogen and oxygen atoms in total. The second-order valence-corrected chi connectivity index (χ2v) is 6.44. The number of nitrogens with one attached hydrogen (secondary N) is 1. The van der Waals surface area contributed by atoms with Crippen LogP contribution in [0.2, 0.25) is 0 Å². The van der Waals surface area contributed by atoms with Crippen LogP contribution in [-0.4, -0.2) is 45.0 Å². The number of aliphatic carboxylic acids is 1. The van der Waals surface area contributed by atoms with Crippen molar-refractivity contribution in [3.05, 3.63) is 47.7 Å². The van der Waals surface area contributed by atoms with Crippen molar-refractivity contribution < 1.29 is 19.5 Å². The van der Waals surface area contributed by atoms with Gasteiger partial charge in [-0.2, -0.15) is 5.26 Å². The standard InChI is InChI=1S/C16H13N3O4S/c17-8-10(9-4-2-1-3-5-9)13(20)18-12-14(21)19-11(16(22)23)6-7-24-15(12)19/h1-6,10,12,15H,7H2,(H,18,20)(H,22,23)/t10?,12-,15-/m1/s1. The van der Waals surface area contributed by atoms with Crippen LogP contribution >= 0.6 is 11.8 Å². The molecule has 3 rings (SSSR count). The number of carboxylic acids is 1. The summed E-state index contributed by atoms with van der Waals surface area (Å²) in [6, 6.07) is 9.69. The maximum Gasteiger partial charge on any atom is 0.352 e. The molecular weight excluding hydrogens is 330 g/mol. The molecule has 1 unspecified atom stereocenters. The molecule has 2 N–H and O–H groups in total. The molecule has 1 fully saturated rings. The van der Waals surface area contributed by atoms with Crippen molar-refractivity contribution in [2.24, 2.45) is 0 Å². The lowest BCUT2D eigenvalue weighted by Gasteiger charge is -2.48. The molecule has 2 amide bonds. The van der Waals surface area contributed by atoms with Crippen molar-refractivity contribution in [2.75, 3.05) is 5.75 Å². The number of hydrogen-bond donors (Lipinski definition) is 2. The third-order valence-electron chi connectivity index (χ3n) is 3.89. The minimum Gasteiger partial charge on any atom is -0.477 e. The SMILES string of the molecule is N#CC(C(=O)N[C@@H]1C(=O)N2C(C(=O)O)=CCS[C@H]12)c1ccccc1. The van der Waals surface area contributed by atoms with E-state index in [-0.39, 0.29) is 5.70 Å². The predicted octanol–water partition coefficient (Wildman–Crippen LogP) is 0.662. The zero-order chi connectivity index (χ0) is 17.3. The van der Waals surface area contributed by atoms with Crippen molar-refractivity contribution in [3.63, 3.8) is 0 Å². The summed E-state index contributed by atoms with van der Waals surface area (Å²) in [5.74, 6) is -2.77. The van der Waals surface area contributed by atoms with Crippen LogP contribution in [-0.2, 0) is 14.4 Å². The first-order valence-corrected chi connectivity index (χ1v) is 8.22. The minimum atomic E-state index is -1.17. The van der Waals surface area contributed by atoms with Crippen LogP contribution in [0.25, 0.3) is 0 Å². The van der Waals surface area contributed by atoms with Gasteiger partial charge < -0.3 is 10.4 Å². The highest BCUT2D eigenvalue weighted by Gasteiger charge is 2.53. The van der Waals surface area contributed by atoms with Gasteiger partial charge in [0, 0.05) is 5.75 Å². The van der Waals surface area contributed by atoms with Crippen molar-refractivity contribution in [2.45, 2.75) is 17.3 Å². The molecule has 3 atom stereocenters. The van der Waals surface area contributed by atoms with Gasteiger partial charge in [0.05, 0.1) is 6.07 Å². The number of hydrogen-bond acceptors (Lipinski definition) is 5. The highest BCUT2D eigenvalue weighted by atomic mass is 32.2. The first-order valence-electron chi connectivity index (χ1n) is 7.17. The van der Waals surface area contributed by atoms with Crippen LogP contribution in [0.3, 0.4) is 0 Å². The van der Waals surface area contributed by atoms with Crippen molar-refractivity contribution in [3.8, 4) is 6.07 Å². The fourth-order valence-corrected chi connectivity index (χ4v) is 3.90. The van der Waals surface area contributed by atoms with Gasteiger partial charge >= 0.3 is 5.97 Å². The Bertz CT molecular complexity index is 771. The summed E-state index contributed by atoms with van der Waals surface area (Å²) in [4.78, 5) is 36.9. The van der Waals surface area contributed by atoms with Gasteiger partial charge in [0.25, 0.3) is 5.91 Å². The number of β-lactam (4-membered cyclic amide) rings is 1. The molecule has 2 aliphatic heterocycles. The maximum atomic E-state index is 12.4. The van der Waals surface area contributed by atoms with E-state index in [0.29, 0.717) is 11.3 Å². The summed E-state index contributed by atoms with van der Waals surface area (Å²) in [6.07, 6.45) is 1.47. The third-order valence-corrected chi connectivity index (χ3v) is 5.07. The lowest BCUT2D eigenvalue weighted by molar-refractivity contribution is -0.150. The van der Waals surface area contributed by atoms with Crippen molar-refractivity contribution in [1.82, 2.24) is 10.2 Å². The monoisotopic (exact) mass is 343 g/mol. The van der Waals surface area contributed by atoms with Crippen molar-refractivity contribution >= 4 is 29.5 Å². The zero-order valence-electron chi connectivity index (χ0n) is 12.4. The van der Waals surface area contributed by atoms with Crippen LogP contribution in [0.15, 0.2) is 42.1 Å². The number of benzene rings is 1. The molecule has 1 aromatic rings. The molecular formula is C16H13N3O4S. The van der Waals surface area contributed by atoms with E-state index in [4.69, 9.17) is 5.11 Å². The zero-order valence-corrected chi connectivity index (χ0v) is 13.2. The van der Waals surface area contributed by atoms with Gasteiger partial charge in [-0.1, -0.05) is 30.3 Å². The first kappa shape index (κ1) is 16.1. The van der Waals surface area contributed by atoms with Gasteiger partial charge in [0.15, 0.2) is 0 Å². The molecule has 24 heavy (non-hydrogen) atoms. The van der Waals surface area contributed by atoms with E-state index in [9.17, 15) is 19.6 Å². The second-order valence-electron chi connectivity index (χ2n) is 5.29. The Hall–Kier alpha value is -2.79. The van der Waals surface area contributed by atoms with E-state index in [1.807, 2.05) is 6.07 Å². The Morgan fingerprint density at radius 2 is 2.08 bits per heavy atom. The summed E-state index contributed by atoms with van der Waals surface area (Å²) in [5.41, 5.74) is 0.484. The molecule has 2 heterocycles. The fourth-order valence-electron chi connectivity index (χ4n) is 2.70. The Balaban J connectivity index is 1.73. The van der Waals surface area contributed by atoms with Gasteiger partial charge in [-0.15, -0.1) is 11.8 Å². The van der Waals surface area contributed by atoms with E-state index in [0.717, 1.165) is 0 Å². The van der Waals surface area contributed by atoms with E-state index < -0.39 is 35.1 Å². The molecule has 1 saturated heterocycles. The fraction of sp³-hybridized carbons (Fsp3) is 0.250. The summed E-state index contributed by atoms with van der Waals surface area (Å²) in [5, 5.41) is 20.5. The normalized spacial score (nSPS) is 23.2. The number of carbonyl (C=O) groups is 3. The Kier molecular flexibility index (Phi) is 4.27. The summed E-state index contributed by atoms with van der Waals surface area (Å²) in [7, 11) is 0. The summed E-state index contributed by atoms with van der Waals surface area (Å²) < 4.78 is 0. The molecule has 1 aromatic carbocycles. The molecule has 0 saturated carbocycles. The van der Waals surface area contributed by atoms with E-state index in [1.165, 1.54) is 22.7 Å². The predicted molar refractivity (Wildman–Crippen MR) is 85.5 cm³/mol. The topological polar surface area (TPSA) is 111 Å². The van der Waals surface area contributed by atoms with Gasteiger partial charge in [-0.3, -0.25) is 14.5 Å². The third kappa shape index (κ3) is 2.63. The smallest absolute Gasteiger partial charge is 0.352 e. The quantitative estimate of drug-likeness (QED) is 0.777. The highest BCUT2D eigenvalue weighted by Crippen LogP contribution is 2.37. The number of rotatable bonds is 4. The molecule has 0 bridgehead atoms. The van der Waals surface area contributed by atoms with Gasteiger partial charge in [-0.05, 0) is 11.6 Å². The number of nitrogens with zero attached hydrogens (tertiary/aromatic N) is 2. The molecule has 0 radical (unpaired) electrons. The lowest BCUT2D eigenvalue weighted by atomic mass is 9.98. The summed E-state index contributed by atoms with van der Waals surface area (Å²) >= 11 is 1.37. The molecule has 0 aliphatic carbocycles. The number of nitriles is 1. The lowest BCUT2D eigenvalue weighted by Crippen LogP contribution is -2.70. The minimum absolute atomic E-state index is 0.0610. The number of fused-ring (bicyclic) bond motifs is 1. The van der Waals surface area contributed by atoms with Gasteiger partial charge in [0.2, 0.25) is 5.91 Å². The Labute approximate surface area is 141 Å². The molecule has 122 valence electrons. The Morgan fingerprint density at radius 3 is 2.71 bits per heavy atom. The van der Waals surface area contributed by atoms with Crippen LogP contribution in [0.5, 0.6) is 0 Å². The van der Waals surface area contributed by atoms with Crippen LogP contribution in [0.1, 0.15) is 11.5 Å². The van der Waals surface area contributed by atoms with E-state index in [2.05, 4.69) is 5.32 Å². The average Bonchev–Trinajstić information content (AvgIpc) is 2.60. The highest BCUT2D eigenvalue weighted by molar-refractivity contribution is 8.00. The second kappa shape index (κ2) is 6.37. The molecule has 2 aliphatic rings. The molecule has 0 aromatic heterocycles. The first-order chi connectivity index (χ1) is 11.5. The average molecular weight is 343 g/mol. The number of carbonyl (C=O) groups excluding carboxylic acids is 2. The largest absolute Gasteiger partial charge is 0.477 e. The van der Waals surface area contributed by atoms with Crippen LogP contribution in [0, 0.1) is 11.3 Å². The molecule has 8 heteroatoms. The van der Waals surface area contributed by atoms with Gasteiger partial charge in [-0.25, -0.2) is 4.79 Å². The number of amides is 2. The van der Waals surface area contributed by atoms with Crippen molar-refractivity contribution in [1.29, 1.82) is 5.26 Å². The van der Waals surface area contributed by atoms with Crippen LogP contribution < -0.4 is 5.32 Å². The maximum absolute atomic E-state index is 12.4. The molecule has 0 spiro atoms. The van der Waals surface area contributed by atoms with Gasteiger partial charge in [0.1, 0.15) is 23.0 Å². The number of thioether (sulfide) groups is 1. The number of carboxylic acid groups (broad SMARTS) is 1. The summed E-state index contributed by atoms with van der Waals surface area (Å²) in [6.45, 7) is 0. The van der Waals surface area contributed by atoms with E-state index in [1.54, 1.807) is 30.3 Å². The van der Waals surface area contributed by atoms with Crippen LogP contribution in [0.4, 0.5) is 0 Å². The van der Waals surface area contributed by atoms with E-state index >= 15 is 0 Å². The Morgan fingerprint density at radius 1 is 1.38 bits per heavy atom.